The van der Waals surface area contributed by atoms with Gasteiger partial charge >= 0.3 is 5.97 Å². The van der Waals surface area contributed by atoms with Gasteiger partial charge in [0, 0.05) is 22.2 Å². The van der Waals surface area contributed by atoms with Crippen molar-refractivity contribution >= 4 is 28.3 Å². The maximum atomic E-state index is 11.0. The number of fused-ring (bicyclic) bond motifs is 1. The summed E-state index contributed by atoms with van der Waals surface area (Å²) in [5.41, 5.74) is 2.39. The number of benzene rings is 2. The zero-order valence-electron chi connectivity index (χ0n) is 11.1. The highest BCUT2D eigenvalue weighted by molar-refractivity contribution is 6.33. The number of carbonyl (C=O) groups is 1. The Balaban J connectivity index is 2.26. The second-order valence-electron chi connectivity index (χ2n) is 4.72. The standard InChI is InChI=1S/C17H12ClNO2/c18-15-7-2-1-5-14(15)17-13-6-3-4-11(10-16(20)21)12(13)8-9-19-17/h1-9H,10H2,(H,20,21). The van der Waals surface area contributed by atoms with Crippen LogP contribution in [0, 0.1) is 0 Å². The number of nitrogens with zero attached hydrogens (tertiary/aromatic N) is 1. The van der Waals surface area contributed by atoms with E-state index < -0.39 is 5.97 Å². The number of aromatic nitrogens is 1. The van der Waals surface area contributed by atoms with E-state index in [0.29, 0.717) is 5.02 Å². The third-order valence-corrected chi connectivity index (χ3v) is 3.70. The van der Waals surface area contributed by atoms with Crippen molar-refractivity contribution in [2.45, 2.75) is 6.42 Å². The Labute approximate surface area is 126 Å². The Bertz CT molecular complexity index is 830. The number of pyridine rings is 1. The first kappa shape index (κ1) is 13.6. The average Bonchev–Trinajstić information content (AvgIpc) is 2.47. The molecule has 0 aliphatic heterocycles. The summed E-state index contributed by atoms with van der Waals surface area (Å²) in [4.78, 5) is 15.4. The van der Waals surface area contributed by atoms with Gasteiger partial charge in [-0.05, 0) is 23.1 Å². The molecule has 0 fully saturated rings. The minimum atomic E-state index is -0.849. The summed E-state index contributed by atoms with van der Waals surface area (Å²) in [5, 5.41) is 11.4. The Morgan fingerprint density at radius 1 is 1.05 bits per heavy atom. The number of rotatable bonds is 3. The van der Waals surface area contributed by atoms with Crippen molar-refractivity contribution in [3.8, 4) is 11.3 Å². The minimum Gasteiger partial charge on any atom is -0.481 e. The van der Waals surface area contributed by atoms with Gasteiger partial charge in [0.25, 0.3) is 0 Å². The molecule has 3 rings (SSSR count). The summed E-state index contributed by atoms with van der Waals surface area (Å²) >= 11 is 6.25. The molecule has 0 atom stereocenters. The van der Waals surface area contributed by atoms with E-state index in [4.69, 9.17) is 16.7 Å². The van der Waals surface area contributed by atoms with Crippen molar-refractivity contribution < 1.29 is 9.90 Å². The van der Waals surface area contributed by atoms with Crippen LogP contribution in [0.5, 0.6) is 0 Å². The van der Waals surface area contributed by atoms with Crippen molar-refractivity contribution in [3.05, 3.63) is 65.3 Å². The Morgan fingerprint density at radius 2 is 1.86 bits per heavy atom. The number of carboxylic acids is 1. The van der Waals surface area contributed by atoms with E-state index in [0.717, 1.165) is 27.6 Å². The van der Waals surface area contributed by atoms with Crippen molar-refractivity contribution in [1.82, 2.24) is 4.98 Å². The van der Waals surface area contributed by atoms with E-state index in [1.165, 1.54) is 0 Å². The van der Waals surface area contributed by atoms with Crippen LogP contribution in [0.4, 0.5) is 0 Å². The minimum absolute atomic E-state index is 0.0106. The van der Waals surface area contributed by atoms with Crippen LogP contribution in [-0.4, -0.2) is 16.1 Å². The summed E-state index contributed by atoms with van der Waals surface area (Å²) in [6.07, 6.45) is 1.68. The van der Waals surface area contributed by atoms with Gasteiger partial charge in [0.1, 0.15) is 0 Å². The van der Waals surface area contributed by atoms with Gasteiger partial charge in [-0.3, -0.25) is 9.78 Å². The molecule has 0 aliphatic carbocycles. The van der Waals surface area contributed by atoms with Gasteiger partial charge in [0.15, 0.2) is 0 Å². The molecule has 0 bridgehead atoms. The fourth-order valence-corrected chi connectivity index (χ4v) is 2.68. The summed E-state index contributed by atoms with van der Waals surface area (Å²) < 4.78 is 0. The highest BCUT2D eigenvalue weighted by atomic mass is 35.5. The molecule has 0 unspecified atom stereocenters. The highest BCUT2D eigenvalue weighted by Gasteiger charge is 2.11. The summed E-state index contributed by atoms with van der Waals surface area (Å²) in [7, 11) is 0. The second-order valence-corrected chi connectivity index (χ2v) is 5.13. The van der Waals surface area contributed by atoms with Crippen molar-refractivity contribution in [3.63, 3.8) is 0 Å². The number of aliphatic carboxylic acids is 1. The Kier molecular flexibility index (Phi) is 3.59. The van der Waals surface area contributed by atoms with Crippen LogP contribution in [0.2, 0.25) is 5.02 Å². The van der Waals surface area contributed by atoms with Gasteiger partial charge in [-0.25, -0.2) is 0 Å². The normalized spacial score (nSPS) is 10.7. The fourth-order valence-electron chi connectivity index (χ4n) is 2.46. The summed E-state index contributed by atoms with van der Waals surface area (Å²) in [6.45, 7) is 0. The molecule has 104 valence electrons. The highest BCUT2D eigenvalue weighted by Crippen LogP contribution is 2.32. The van der Waals surface area contributed by atoms with Gasteiger partial charge in [-0.2, -0.15) is 0 Å². The fraction of sp³-hybridized carbons (Fsp3) is 0.0588. The molecule has 3 aromatic rings. The predicted octanol–water partition coefficient (Wildman–Crippen LogP) is 4.18. The van der Waals surface area contributed by atoms with Gasteiger partial charge in [-0.15, -0.1) is 0 Å². The van der Waals surface area contributed by atoms with Gasteiger partial charge in [-0.1, -0.05) is 48.0 Å². The Morgan fingerprint density at radius 3 is 2.62 bits per heavy atom. The molecule has 0 radical (unpaired) electrons. The average molecular weight is 298 g/mol. The van der Waals surface area contributed by atoms with Gasteiger partial charge < -0.3 is 5.11 Å². The molecule has 2 aromatic carbocycles. The van der Waals surface area contributed by atoms with Crippen LogP contribution in [0.3, 0.4) is 0 Å². The molecule has 1 heterocycles. The van der Waals surface area contributed by atoms with Crippen LogP contribution in [0.1, 0.15) is 5.56 Å². The summed E-state index contributed by atoms with van der Waals surface area (Å²) in [6, 6.07) is 15.0. The largest absolute Gasteiger partial charge is 0.481 e. The molecule has 0 spiro atoms. The molecule has 3 nitrogen and oxygen atoms in total. The Hall–Kier alpha value is -2.39. The monoisotopic (exact) mass is 297 g/mol. The molecule has 21 heavy (non-hydrogen) atoms. The van der Waals surface area contributed by atoms with Crippen molar-refractivity contribution in [1.29, 1.82) is 0 Å². The maximum absolute atomic E-state index is 11.0. The second kappa shape index (κ2) is 5.54. The lowest BCUT2D eigenvalue weighted by Crippen LogP contribution is -2.01. The first-order chi connectivity index (χ1) is 10.2. The van der Waals surface area contributed by atoms with E-state index in [1.807, 2.05) is 48.5 Å². The number of halogens is 1. The van der Waals surface area contributed by atoms with Crippen LogP contribution in [0.25, 0.3) is 22.0 Å². The van der Waals surface area contributed by atoms with Crippen LogP contribution in [0.15, 0.2) is 54.7 Å². The van der Waals surface area contributed by atoms with Gasteiger partial charge in [0.05, 0.1) is 12.1 Å². The molecule has 4 heteroatoms. The molecule has 0 amide bonds. The molecular formula is C17H12ClNO2. The molecular weight excluding hydrogens is 286 g/mol. The van der Waals surface area contributed by atoms with E-state index >= 15 is 0 Å². The lowest BCUT2D eigenvalue weighted by Gasteiger charge is -2.10. The molecule has 0 aliphatic rings. The SMILES string of the molecule is O=C(O)Cc1cccc2c(-c3ccccc3Cl)nccc12. The smallest absolute Gasteiger partial charge is 0.307 e. The van der Waals surface area contributed by atoms with Crippen LogP contribution < -0.4 is 0 Å². The van der Waals surface area contributed by atoms with E-state index in [1.54, 1.807) is 6.20 Å². The van der Waals surface area contributed by atoms with Crippen LogP contribution in [-0.2, 0) is 11.2 Å². The van der Waals surface area contributed by atoms with Crippen molar-refractivity contribution in [2.75, 3.05) is 0 Å². The third-order valence-electron chi connectivity index (χ3n) is 3.37. The topological polar surface area (TPSA) is 50.2 Å². The zero-order valence-corrected chi connectivity index (χ0v) is 11.8. The molecule has 1 aromatic heterocycles. The molecule has 0 saturated heterocycles. The first-order valence-corrected chi connectivity index (χ1v) is 6.88. The number of carboxylic acid groups (broad SMARTS) is 1. The molecule has 1 N–H and O–H groups in total. The number of hydrogen-bond acceptors (Lipinski definition) is 2. The lowest BCUT2D eigenvalue weighted by atomic mass is 9.99. The van der Waals surface area contributed by atoms with E-state index in [-0.39, 0.29) is 6.42 Å². The van der Waals surface area contributed by atoms with E-state index in [2.05, 4.69) is 4.98 Å². The molecule has 0 saturated carbocycles. The van der Waals surface area contributed by atoms with Crippen LogP contribution >= 0.6 is 11.6 Å². The lowest BCUT2D eigenvalue weighted by molar-refractivity contribution is -0.136. The van der Waals surface area contributed by atoms with Crippen molar-refractivity contribution in [2.24, 2.45) is 0 Å². The summed E-state index contributed by atoms with van der Waals surface area (Å²) in [5.74, 6) is -0.849. The van der Waals surface area contributed by atoms with Gasteiger partial charge in [0.2, 0.25) is 0 Å². The maximum Gasteiger partial charge on any atom is 0.307 e. The van der Waals surface area contributed by atoms with E-state index in [9.17, 15) is 4.79 Å². The zero-order chi connectivity index (χ0) is 14.8. The number of hydrogen-bond donors (Lipinski definition) is 1. The predicted molar refractivity (Wildman–Crippen MR) is 83.5 cm³/mol. The quantitative estimate of drug-likeness (QED) is 0.789. The third kappa shape index (κ3) is 2.60. The first-order valence-electron chi connectivity index (χ1n) is 6.50.